The molecule has 0 bridgehead atoms. The highest BCUT2D eigenvalue weighted by atomic mass is 32.2. The molecule has 166 valence electrons. The average molecular weight is 453 g/mol. The van der Waals surface area contributed by atoms with E-state index in [9.17, 15) is 8.42 Å². The number of hydrogen-bond donors (Lipinski definition) is 2. The molecule has 8 heteroatoms. The number of rotatable bonds is 7. The lowest BCUT2D eigenvalue weighted by molar-refractivity contribution is 0.170. The molecule has 2 heterocycles. The molecule has 0 fully saturated rings. The van der Waals surface area contributed by atoms with E-state index in [-0.39, 0.29) is 17.8 Å². The van der Waals surface area contributed by atoms with E-state index in [4.69, 9.17) is 14.2 Å². The number of anilines is 1. The molecule has 0 saturated carbocycles. The Morgan fingerprint density at radius 3 is 2.62 bits per heavy atom. The van der Waals surface area contributed by atoms with Gasteiger partial charge in [-0.25, -0.2) is 8.42 Å². The number of aryl methyl sites for hydroxylation is 1. The van der Waals surface area contributed by atoms with Crippen LogP contribution in [0.3, 0.4) is 0 Å². The number of ether oxygens (including phenoxy) is 3. The van der Waals surface area contributed by atoms with Gasteiger partial charge in [-0.3, -0.25) is 4.72 Å². The Kier molecular flexibility index (Phi) is 5.63. The number of nitrogens with one attached hydrogen (secondary N) is 2. The first-order chi connectivity index (χ1) is 15.6. The fourth-order valence-corrected chi connectivity index (χ4v) is 4.95. The van der Waals surface area contributed by atoms with E-state index in [0.717, 1.165) is 41.2 Å². The van der Waals surface area contributed by atoms with E-state index in [2.05, 4.69) is 10.0 Å². The van der Waals surface area contributed by atoms with Gasteiger partial charge in [-0.1, -0.05) is 30.3 Å². The fourth-order valence-electron chi connectivity index (χ4n) is 3.88. The van der Waals surface area contributed by atoms with Crippen molar-refractivity contribution in [2.75, 3.05) is 18.1 Å². The summed E-state index contributed by atoms with van der Waals surface area (Å²) in [6, 6.07) is 19.7. The zero-order valence-corrected chi connectivity index (χ0v) is 18.2. The Bertz CT molecular complexity index is 1210. The normalized spacial score (nSPS) is 16.8. The molecular formula is C24H24N2O5S. The second-order valence-corrected chi connectivity index (χ2v) is 9.52. The van der Waals surface area contributed by atoms with Crippen molar-refractivity contribution in [3.8, 4) is 17.2 Å². The van der Waals surface area contributed by atoms with E-state index < -0.39 is 10.0 Å². The van der Waals surface area contributed by atoms with Crippen LogP contribution in [0.15, 0.2) is 71.6 Å². The predicted octanol–water partition coefficient (Wildman–Crippen LogP) is 3.70. The van der Waals surface area contributed by atoms with Gasteiger partial charge in [0.05, 0.1) is 10.6 Å². The molecule has 2 aliphatic heterocycles. The largest absolute Gasteiger partial charge is 0.489 e. The van der Waals surface area contributed by atoms with Crippen LogP contribution in [-0.2, 0) is 23.0 Å². The minimum Gasteiger partial charge on any atom is -0.489 e. The van der Waals surface area contributed by atoms with Gasteiger partial charge >= 0.3 is 0 Å². The monoisotopic (exact) mass is 452 g/mol. The van der Waals surface area contributed by atoms with Gasteiger partial charge in [-0.2, -0.15) is 0 Å². The molecule has 1 atom stereocenters. The lowest BCUT2D eigenvalue weighted by atomic mass is 10.0. The molecule has 1 unspecified atom stereocenters. The maximum absolute atomic E-state index is 12.6. The smallest absolute Gasteiger partial charge is 0.261 e. The molecule has 7 nitrogen and oxygen atoms in total. The molecule has 2 N–H and O–H groups in total. The Labute approximate surface area is 187 Å². The third-order valence-corrected chi connectivity index (χ3v) is 6.94. The van der Waals surface area contributed by atoms with Gasteiger partial charge in [0.25, 0.3) is 10.0 Å². The summed E-state index contributed by atoms with van der Waals surface area (Å²) in [7, 11) is -3.64. The standard InChI is InChI=1S/C24H24N2O5S/c27-32(28,21-4-2-1-3-5-21)26-19-9-7-18-8-10-20(31-23(18)13-19)15-25-14-17-6-11-22-24(12-17)30-16-29-22/h1-7,9,11-13,20,25-26H,8,10,14-16H2. The highest BCUT2D eigenvalue weighted by molar-refractivity contribution is 7.92. The molecular weight excluding hydrogens is 428 g/mol. The quantitative estimate of drug-likeness (QED) is 0.569. The van der Waals surface area contributed by atoms with Crippen molar-refractivity contribution in [2.24, 2.45) is 0 Å². The zero-order chi connectivity index (χ0) is 22.0. The van der Waals surface area contributed by atoms with Crippen LogP contribution in [-0.4, -0.2) is 27.9 Å². The molecule has 5 rings (SSSR count). The van der Waals surface area contributed by atoms with Crippen LogP contribution < -0.4 is 24.2 Å². The predicted molar refractivity (Wildman–Crippen MR) is 121 cm³/mol. The first-order valence-electron chi connectivity index (χ1n) is 10.5. The molecule has 32 heavy (non-hydrogen) atoms. The van der Waals surface area contributed by atoms with Gasteiger partial charge < -0.3 is 19.5 Å². The van der Waals surface area contributed by atoms with Crippen molar-refractivity contribution in [2.45, 2.75) is 30.4 Å². The van der Waals surface area contributed by atoms with Crippen LogP contribution in [0.1, 0.15) is 17.5 Å². The SMILES string of the molecule is O=S(=O)(Nc1ccc2c(c1)OC(CNCc1ccc3c(c1)OCO3)CC2)c1ccccc1. The van der Waals surface area contributed by atoms with Crippen LogP contribution in [0.2, 0.25) is 0 Å². The molecule has 0 saturated heterocycles. The van der Waals surface area contributed by atoms with E-state index in [1.54, 1.807) is 42.5 Å². The third-order valence-electron chi connectivity index (χ3n) is 5.54. The van der Waals surface area contributed by atoms with E-state index in [0.29, 0.717) is 18.8 Å². The minimum atomic E-state index is -3.64. The summed E-state index contributed by atoms with van der Waals surface area (Å²) in [6.07, 6.45) is 1.80. The van der Waals surface area contributed by atoms with Gasteiger partial charge in [0, 0.05) is 19.2 Å². The number of fused-ring (bicyclic) bond motifs is 2. The number of sulfonamides is 1. The van der Waals surface area contributed by atoms with Gasteiger partial charge in [-0.05, 0) is 54.3 Å². The molecule has 0 aromatic heterocycles. The summed E-state index contributed by atoms with van der Waals surface area (Å²) in [4.78, 5) is 0.226. The molecule has 0 aliphatic carbocycles. The Morgan fingerprint density at radius 2 is 1.75 bits per heavy atom. The number of benzene rings is 3. The van der Waals surface area contributed by atoms with Crippen molar-refractivity contribution in [3.63, 3.8) is 0 Å². The summed E-state index contributed by atoms with van der Waals surface area (Å²) in [5.41, 5.74) is 2.68. The first kappa shape index (κ1) is 20.7. The van der Waals surface area contributed by atoms with E-state index in [1.807, 2.05) is 24.3 Å². The summed E-state index contributed by atoms with van der Waals surface area (Å²) in [5.74, 6) is 2.27. The maximum atomic E-state index is 12.6. The Hall–Kier alpha value is -3.23. The van der Waals surface area contributed by atoms with Crippen molar-refractivity contribution in [1.29, 1.82) is 0 Å². The van der Waals surface area contributed by atoms with Crippen molar-refractivity contribution in [3.05, 3.63) is 77.9 Å². The lowest BCUT2D eigenvalue weighted by Crippen LogP contribution is -2.34. The van der Waals surface area contributed by atoms with Crippen LogP contribution in [0, 0.1) is 0 Å². The number of hydrogen-bond acceptors (Lipinski definition) is 6. The topological polar surface area (TPSA) is 85.9 Å². The summed E-state index contributed by atoms with van der Waals surface area (Å²) in [5, 5.41) is 3.43. The average Bonchev–Trinajstić information content (AvgIpc) is 3.27. The van der Waals surface area contributed by atoms with Gasteiger partial charge in [0.15, 0.2) is 11.5 Å². The highest BCUT2D eigenvalue weighted by Crippen LogP contribution is 2.33. The van der Waals surface area contributed by atoms with Crippen LogP contribution in [0.4, 0.5) is 5.69 Å². The Morgan fingerprint density at radius 1 is 0.906 bits per heavy atom. The van der Waals surface area contributed by atoms with Gasteiger partial charge in [0.2, 0.25) is 6.79 Å². The molecule has 3 aromatic rings. The molecule has 0 spiro atoms. The highest BCUT2D eigenvalue weighted by Gasteiger charge is 2.21. The second-order valence-electron chi connectivity index (χ2n) is 7.84. The van der Waals surface area contributed by atoms with Crippen molar-refractivity contribution >= 4 is 15.7 Å². The van der Waals surface area contributed by atoms with E-state index in [1.165, 1.54) is 0 Å². The molecule has 3 aromatic carbocycles. The summed E-state index contributed by atoms with van der Waals surface area (Å²) >= 11 is 0. The fraction of sp³-hybridized carbons (Fsp3) is 0.250. The third kappa shape index (κ3) is 4.51. The molecule has 0 amide bonds. The van der Waals surface area contributed by atoms with Crippen LogP contribution >= 0.6 is 0 Å². The summed E-state index contributed by atoms with van der Waals surface area (Å²) < 4.78 is 44.8. The second kappa shape index (κ2) is 8.72. The first-order valence-corrected chi connectivity index (χ1v) is 12.0. The van der Waals surface area contributed by atoms with Gasteiger partial charge in [0.1, 0.15) is 11.9 Å². The minimum absolute atomic E-state index is 0.0116. The van der Waals surface area contributed by atoms with E-state index >= 15 is 0 Å². The van der Waals surface area contributed by atoms with Gasteiger partial charge in [-0.15, -0.1) is 0 Å². The molecule has 0 radical (unpaired) electrons. The Balaban J connectivity index is 1.20. The summed E-state index contributed by atoms with van der Waals surface area (Å²) in [6.45, 7) is 1.65. The van der Waals surface area contributed by atoms with Crippen LogP contribution in [0.25, 0.3) is 0 Å². The van der Waals surface area contributed by atoms with Crippen molar-refractivity contribution < 1.29 is 22.6 Å². The molecule has 2 aliphatic rings. The lowest BCUT2D eigenvalue weighted by Gasteiger charge is -2.27. The van der Waals surface area contributed by atoms with Crippen LogP contribution in [0.5, 0.6) is 17.2 Å². The van der Waals surface area contributed by atoms with Crippen molar-refractivity contribution in [1.82, 2.24) is 5.32 Å². The maximum Gasteiger partial charge on any atom is 0.261 e. The zero-order valence-electron chi connectivity index (χ0n) is 17.4.